The molecule has 1 aliphatic rings. The molecule has 0 aliphatic carbocycles. The minimum absolute atomic E-state index is 0.257. The number of nitriles is 1. The maximum absolute atomic E-state index is 12.3. The summed E-state index contributed by atoms with van der Waals surface area (Å²) >= 11 is 7.36. The van der Waals surface area contributed by atoms with Gasteiger partial charge in [-0.05, 0) is 24.6 Å². The Balaban J connectivity index is 1.92. The van der Waals surface area contributed by atoms with Crippen molar-refractivity contribution in [2.24, 2.45) is 7.05 Å². The van der Waals surface area contributed by atoms with Crippen molar-refractivity contribution < 1.29 is 4.79 Å². The van der Waals surface area contributed by atoms with E-state index < -0.39 is 0 Å². The standard InChI is InChI=1S/C14H13ClN4OS/c1-19-7-8(15)4-11(19)13(20)18-14-10(5-16)9-2-3-17-6-12(9)21-14/h4,7,17H,2-3,6H2,1H3,(H,18,20). The van der Waals surface area contributed by atoms with E-state index in [1.807, 2.05) is 0 Å². The van der Waals surface area contributed by atoms with Gasteiger partial charge < -0.3 is 15.2 Å². The Morgan fingerprint density at radius 2 is 2.43 bits per heavy atom. The summed E-state index contributed by atoms with van der Waals surface area (Å²) in [6.07, 6.45) is 2.49. The Morgan fingerprint density at radius 3 is 3.10 bits per heavy atom. The summed E-state index contributed by atoms with van der Waals surface area (Å²) in [7, 11) is 1.76. The Bertz CT molecular complexity index is 756. The largest absolute Gasteiger partial charge is 0.345 e. The molecule has 21 heavy (non-hydrogen) atoms. The van der Waals surface area contributed by atoms with E-state index in [0.29, 0.717) is 21.3 Å². The molecule has 0 bridgehead atoms. The first-order chi connectivity index (χ1) is 10.1. The number of fused-ring (bicyclic) bond motifs is 1. The van der Waals surface area contributed by atoms with Gasteiger partial charge in [-0.3, -0.25) is 4.79 Å². The molecule has 0 radical (unpaired) electrons. The molecule has 0 unspecified atom stereocenters. The van der Waals surface area contributed by atoms with E-state index in [1.54, 1.807) is 23.9 Å². The smallest absolute Gasteiger partial charge is 0.272 e. The van der Waals surface area contributed by atoms with Crippen molar-refractivity contribution >= 4 is 33.8 Å². The fourth-order valence-corrected chi connectivity index (χ4v) is 3.87. The summed E-state index contributed by atoms with van der Waals surface area (Å²) in [5.41, 5.74) is 2.11. The minimum Gasteiger partial charge on any atom is -0.345 e. The van der Waals surface area contributed by atoms with Crippen molar-refractivity contribution in [3.05, 3.63) is 39.0 Å². The highest BCUT2D eigenvalue weighted by atomic mass is 35.5. The summed E-state index contributed by atoms with van der Waals surface area (Å²) in [6.45, 7) is 1.61. The summed E-state index contributed by atoms with van der Waals surface area (Å²) in [6, 6.07) is 3.82. The average molecular weight is 321 g/mol. The predicted octanol–water partition coefficient (Wildman–Crippen LogP) is 2.51. The fourth-order valence-electron chi connectivity index (χ4n) is 2.46. The van der Waals surface area contributed by atoms with Crippen molar-refractivity contribution in [3.8, 4) is 6.07 Å². The molecule has 0 saturated heterocycles. The molecule has 0 spiro atoms. The van der Waals surface area contributed by atoms with Gasteiger partial charge in [0.1, 0.15) is 16.8 Å². The van der Waals surface area contributed by atoms with Crippen molar-refractivity contribution in [1.82, 2.24) is 9.88 Å². The zero-order valence-corrected chi connectivity index (χ0v) is 12.9. The second-order valence-electron chi connectivity index (χ2n) is 4.86. The molecule has 7 heteroatoms. The van der Waals surface area contributed by atoms with Gasteiger partial charge >= 0.3 is 0 Å². The van der Waals surface area contributed by atoms with Crippen LogP contribution in [-0.2, 0) is 20.0 Å². The van der Waals surface area contributed by atoms with Crippen molar-refractivity contribution in [3.63, 3.8) is 0 Å². The number of carbonyl (C=O) groups is 1. The zero-order valence-electron chi connectivity index (χ0n) is 11.4. The number of thiophene rings is 1. The van der Waals surface area contributed by atoms with Crippen LogP contribution in [0, 0.1) is 11.3 Å². The van der Waals surface area contributed by atoms with Gasteiger partial charge in [0.05, 0.1) is 10.6 Å². The molecular formula is C14H13ClN4OS. The lowest BCUT2D eigenvalue weighted by Crippen LogP contribution is -2.22. The number of hydrogen-bond donors (Lipinski definition) is 2. The number of anilines is 1. The van der Waals surface area contributed by atoms with Gasteiger partial charge in [0.25, 0.3) is 5.91 Å². The molecule has 2 aromatic heterocycles. The highest BCUT2D eigenvalue weighted by molar-refractivity contribution is 7.16. The Kier molecular flexibility index (Phi) is 3.72. The summed E-state index contributed by atoms with van der Waals surface area (Å²) in [5.74, 6) is -0.257. The van der Waals surface area contributed by atoms with Crippen LogP contribution in [0.3, 0.4) is 0 Å². The van der Waals surface area contributed by atoms with Gasteiger partial charge in [0.15, 0.2) is 0 Å². The number of nitrogens with zero attached hydrogens (tertiary/aromatic N) is 2. The van der Waals surface area contributed by atoms with Gasteiger partial charge in [-0.1, -0.05) is 11.6 Å². The van der Waals surface area contributed by atoms with E-state index in [2.05, 4.69) is 16.7 Å². The van der Waals surface area contributed by atoms with Gasteiger partial charge in [-0.15, -0.1) is 11.3 Å². The molecule has 1 amide bonds. The Hall–Kier alpha value is -1.81. The third-order valence-corrected chi connectivity index (χ3v) is 4.83. The SMILES string of the molecule is Cn1cc(Cl)cc1C(=O)Nc1sc2c(c1C#N)CCNC2. The number of rotatable bonds is 2. The van der Waals surface area contributed by atoms with Crippen LogP contribution in [0.1, 0.15) is 26.5 Å². The maximum Gasteiger partial charge on any atom is 0.272 e. The molecule has 108 valence electrons. The van der Waals surface area contributed by atoms with Crippen LogP contribution >= 0.6 is 22.9 Å². The number of nitrogens with one attached hydrogen (secondary N) is 2. The van der Waals surface area contributed by atoms with E-state index in [1.165, 1.54) is 11.3 Å². The first-order valence-electron chi connectivity index (χ1n) is 6.48. The van der Waals surface area contributed by atoms with E-state index >= 15 is 0 Å². The second-order valence-corrected chi connectivity index (χ2v) is 6.40. The van der Waals surface area contributed by atoms with Gasteiger partial charge in [-0.25, -0.2) is 0 Å². The lowest BCUT2D eigenvalue weighted by molar-refractivity contribution is 0.101. The third-order valence-electron chi connectivity index (χ3n) is 3.47. The monoisotopic (exact) mass is 320 g/mol. The summed E-state index contributed by atoms with van der Waals surface area (Å²) in [4.78, 5) is 13.4. The molecule has 0 saturated carbocycles. The molecule has 3 heterocycles. The quantitative estimate of drug-likeness (QED) is 0.893. The molecule has 5 nitrogen and oxygen atoms in total. The highest BCUT2D eigenvalue weighted by Gasteiger charge is 2.22. The van der Waals surface area contributed by atoms with Crippen molar-refractivity contribution in [1.29, 1.82) is 5.26 Å². The van der Waals surface area contributed by atoms with Crippen LogP contribution in [0.25, 0.3) is 0 Å². The molecule has 1 aliphatic heterocycles. The van der Waals surface area contributed by atoms with Crippen molar-refractivity contribution in [2.75, 3.05) is 11.9 Å². The van der Waals surface area contributed by atoms with E-state index in [0.717, 1.165) is 30.0 Å². The minimum atomic E-state index is -0.257. The van der Waals surface area contributed by atoms with Gasteiger partial charge in [0, 0.05) is 24.7 Å². The first-order valence-corrected chi connectivity index (χ1v) is 7.68. The number of aryl methyl sites for hydroxylation is 1. The highest BCUT2D eigenvalue weighted by Crippen LogP contribution is 2.35. The molecule has 0 aromatic carbocycles. The zero-order chi connectivity index (χ0) is 15.0. The van der Waals surface area contributed by atoms with Crippen LogP contribution < -0.4 is 10.6 Å². The molecule has 0 atom stereocenters. The summed E-state index contributed by atoms with van der Waals surface area (Å²) < 4.78 is 1.67. The average Bonchev–Trinajstić information content (AvgIpc) is 2.97. The van der Waals surface area contributed by atoms with Crippen LogP contribution in [0.5, 0.6) is 0 Å². The van der Waals surface area contributed by atoms with Crippen LogP contribution in [0.4, 0.5) is 5.00 Å². The number of aromatic nitrogens is 1. The molecule has 2 aromatic rings. The normalized spacial score (nSPS) is 13.6. The molecule has 2 N–H and O–H groups in total. The first kappa shape index (κ1) is 14.1. The Morgan fingerprint density at radius 1 is 1.62 bits per heavy atom. The predicted molar refractivity (Wildman–Crippen MR) is 82.8 cm³/mol. The van der Waals surface area contributed by atoms with Gasteiger partial charge in [0.2, 0.25) is 0 Å². The molecule has 3 rings (SSSR count). The number of amides is 1. The molecule has 0 fully saturated rings. The lowest BCUT2D eigenvalue weighted by Gasteiger charge is -2.11. The Labute approximate surface area is 131 Å². The van der Waals surface area contributed by atoms with E-state index in [-0.39, 0.29) is 5.91 Å². The van der Waals surface area contributed by atoms with Crippen molar-refractivity contribution in [2.45, 2.75) is 13.0 Å². The number of carbonyl (C=O) groups excluding carboxylic acids is 1. The maximum atomic E-state index is 12.3. The van der Waals surface area contributed by atoms with E-state index in [4.69, 9.17) is 11.6 Å². The van der Waals surface area contributed by atoms with Crippen LogP contribution in [0.2, 0.25) is 5.02 Å². The number of hydrogen-bond acceptors (Lipinski definition) is 4. The lowest BCUT2D eigenvalue weighted by atomic mass is 10.1. The fraction of sp³-hybridized carbons (Fsp3) is 0.286. The third kappa shape index (κ3) is 2.56. The van der Waals surface area contributed by atoms with Crippen LogP contribution in [0.15, 0.2) is 12.3 Å². The topological polar surface area (TPSA) is 69.8 Å². The van der Waals surface area contributed by atoms with Gasteiger partial charge in [-0.2, -0.15) is 5.26 Å². The summed E-state index contributed by atoms with van der Waals surface area (Å²) in [5, 5.41) is 16.6. The van der Waals surface area contributed by atoms with Crippen LogP contribution in [-0.4, -0.2) is 17.0 Å². The number of halogens is 1. The van der Waals surface area contributed by atoms with E-state index in [9.17, 15) is 10.1 Å². The molecular weight excluding hydrogens is 308 g/mol. The second kappa shape index (κ2) is 5.53.